The van der Waals surface area contributed by atoms with E-state index in [9.17, 15) is 18.0 Å². The molecule has 6 nitrogen and oxygen atoms in total. The number of alkyl halides is 3. The van der Waals surface area contributed by atoms with E-state index in [0.717, 1.165) is 5.69 Å². The normalized spacial score (nSPS) is 31.5. The second-order valence-electron chi connectivity index (χ2n) is 6.19. The first kappa shape index (κ1) is 15.1. The number of nitrogens with zero attached hydrogens (tertiary/aromatic N) is 3. The standard InChI is InChI=1S/C13H17F3N4O2/c1-19-7-12(10(19)22-11(21)13(14,15)16)3-8(4-12)18-9-5-17-20(2)6-9/h5-6,8,10,18H,3-4,7H2,1-2H3. The summed E-state index contributed by atoms with van der Waals surface area (Å²) in [6.45, 7) is 0.633. The highest BCUT2D eigenvalue weighted by Crippen LogP contribution is 2.53. The van der Waals surface area contributed by atoms with Crippen molar-refractivity contribution in [3.63, 3.8) is 0 Å². The lowest BCUT2D eigenvalue weighted by molar-refractivity contribution is -0.263. The van der Waals surface area contributed by atoms with Crippen molar-refractivity contribution in [2.75, 3.05) is 18.9 Å². The zero-order chi connectivity index (χ0) is 16.1. The molecule has 1 saturated heterocycles. The van der Waals surface area contributed by atoms with Crippen LogP contribution in [0.15, 0.2) is 12.4 Å². The third-order valence-electron chi connectivity index (χ3n) is 4.32. The fourth-order valence-electron chi connectivity index (χ4n) is 3.48. The number of esters is 1. The Morgan fingerprint density at radius 2 is 2.14 bits per heavy atom. The number of hydrogen-bond acceptors (Lipinski definition) is 5. The van der Waals surface area contributed by atoms with Crippen molar-refractivity contribution in [1.29, 1.82) is 0 Å². The topological polar surface area (TPSA) is 59.4 Å². The highest BCUT2D eigenvalue weighted by atomic mass is 19.4. The van der Waals surface area contributed by atoms with Gasteiger partial charge in [-0.2, -0.15) is 18.3 Å². The van der Waals surface area contributed by atoms with Crippen LogP contribution in [0.4, 0.5) is 18.9 Å². The van der Waals surface area contributed by atoms with Gasteiger partial charge in [0.15, 0.2) is 6.23 Å². The molecule has 2 fully saturated rings. The number of aryl methyl sites for hydroxylation is 1. The molecule has 1 unspecified atom stereocenters. The summed E-state index contributed by atoms with van der Waals surface area (Å²) in [5.74, 6) is -2.12. The summed E-state index contributed by atoms with van der Waals surface area (Å²) in [6, 6.07) is 0.157. The lowest BCUT2D eigenvalue weighted by Gasteiger charge is -2.62. The smallest absolute Gasteiger partial charge is 0.439 e. The van der Waals surface area contributed by atoms with Gasteiger partial charge in [-0.3, -0.25) is 9.58 Å². The molecule has 2 aliphatic rings. The Hall–Kier alpha value is -1.77. The molecule has 1 saturated carbocycles. The van der Waals surface area contributed by atoms with Gasteiger partial charge in [0.2, 0.25) is 0 Å². The third kappa shape index (κ3) is 2.53. The Kier molecular flexibility index (Phi) is 3.35. The van der Waals surface area contributed by atoms with E-state index in [1.165, 1.54) is 0 Å². The highest BCUT2D eigenvalue weighted by molar-refractivity contribution is 5.75. The molecule has 1 aliphatic carbocycles. The Morgan fingerprint density at radius 1 is 1.45 bits per heavy atom. The minimum absolute atomic E-state index is 0.157. The van der Waals surface area contributed by atoms with E-state index in [1.54, 1.807) is 29.9 Å². The van der Waals surface area contributed by atoms with Crippen molar-refractivity contribution in [3.05, 3.63) is 12.4 Å². The van der Waals surface area contributed by atoms with Gasteiger partial charge >= 0.3 is 12.1 Å². The van der Waals surface area contributed by atoms with Crippen LogP contribution in [0.1, 0.15) is 12.8 Å². The zero-order valence-electron chi connectivity index (χ0n) is 12.2. The highest BCUT2D eigenvalue weighted by Gasteiger charge is 2.61. The molecule has 1 aromatic rings. The molecule has 1 aliphatic heterocycles. The van der Waals surface area contributed by atoms with Crippen molar-refractivity contribution in [3.8, 4) is 0 Å². The summed E-state index contributed by atoms with van der Waals surface area (Å²) in [6.07, 6.45) is -0.884. The number of rotatable bonds is 3. The fraction of sp³-hybridized carbons (Fsp3) is 0.692. The van der Waals surface area contributed by atoms with Crippen LogP contribution in [0.5, 0.6) is 0 Å². The van der Waals surface area contributed by atoms with Gasteiger partial charge in [0.1, 0.15) is 0 Å². The molecule has 1 N–H and O–H groups in total. The van der Waals surface area contributed by atoms with E-state index in [1.807, 2.05) is 6.20 Å². The van der Waals surface area contributed by atoms with Gasteiger partial charge < -0.3 is 10.1 Å². The number of likely N-dealkylation sites (tertiary alicyclic amines) is 1. The summed E-state index contributed by atoms with van der Waals surface area (Å²) >= 11 is 0. The molecule has 0 amide bonds. The number of carbonyl (C=O) groups excluding carboxylic acids is 1. The van der Waals surface area contributed by atoms with E-state index in [-0.39, 0.29) is 11.5 Å². The number of halogens is 3. The van der Waals surface area contributed by atoms with Gasteiger partial charge in [-0.05, 0) is 19.9 Å². The van der Waals surface area contributed by atoms with E-state index < -0.39 is 18.4 Å². The van der Waals surface area contributed by atoms with Crippen molar-refractivity contribution in [2.45, 2.75) is 31.3 Å². The maximum Gasteiger partial charge on any atom is 0.490 e. The molecular weight excluding hydrogens is 301 g/mol. The molecule has 122 valence electrons. The number of anilines is 1. The van der Waals surface area contributed by atoms with E-state index in [0.29, 0.717) is 19.4 Å². The largest absolute Gasteiger partial charge is 0.490 e. The molecule has 0 aromatic carbocycles. The van der Waals surface area contributed by atoms with E-state index in [2.05, 4.69) is 15.2 Å². The number of aromatic nitrogens is 2. The van der Waals surface area contributed by atoms with Gasteiger partial charge in [0.25, 0.3) is 0 Å². The molecule has 1 aromatic heterocycles. The monoisotopic (exact) mass is 318 g/mol. The average molecular weight is 318 g/mol. The molecule has 2 heterocycles. The lowest BCUT2D eigenvalue weighted by Crippen LogP contribution is -2.71. The van der Waals surface area contributed by atoms with Gasteiger partial charge in [-0.15, -0.1) is 0 Å². The number of nitrogens with one attached hydrogen (secondary N) is 1. The molecule has 0 radical (unpaired) electrons. The van der Waals surface area contributed by atoms with Crippen molar-refractivity contribution in [2.24, 2.45) is 12.5 Å². The third-order valence-corrected chi connectivity index (χ3v) is 4.32. The molecular formula is C13H17F3N4O2. The summed E-state index contributed by atoms with van der Waals surface area (Å²) < 4.78 is 43.3. The van der Waals surface area contributed by atoms with Crippen molar-refractivity contribution < 1.29 is 22.7 Å². The van der Waals surface area contributed by atoms with Crippen LogP contribution in [0.25, 0.3) is 0 Å². The molecule has 9 heteroatoms. The van der Waals surface area contributed by atoms with Crippen LogP contribution in [-0.4, -0.2) is 52.7 Å². The van der Waals surface area contributed by atoms with Crippen molar-refractivity contribution >= 4 is 11.7 Å². The first-order valence-corrected chi connectivity index (χ1v) is 6.93. The summed E-state index contributed by atoms with van der Waals surface area (Å²) in [4.78, 5) is 12.6. The van der Waals surface area contributed by atoms with Crippen LogP contribution in [0.2, 0.25) is 0 Å². The second kappa shape index (κ2) is 4.87. The fourth-order valence-corrected chi connectivity index (χ4v) is 3.48. The molecule has 1 atom stereocenters. The molecule has 22 heavy (non-hydrogen) atoms. The minimum atomic E-state index is -4.95. The first-order chi connectivity index (χ1) is 10.2. The quantitative estimate of drug-likeness (QED) is 0.853. The van der Waals surface area contributed by atoms with E-state index >= 15 is 0 Å². The number of carbonyl (C=O) groups is 1. The van der Waals surface area contributed by atoms with Crippen LogP contribution in [0, 0.1) is 5.41 Å². The maximum atomic E-state index is 12.3. The number of hydrogen-bond donors (Lipinski definition) is 1. The van der Waals surface area contributed by atoms with Gasteiger partial charge in [-0.1, -0.05) is 0 Å². The minimum Gasteiger partial charge on any atom is -0.439 e. The number of ether oxygens (including phenoxy) is 1. The zero-order valence-corrected chi connectivity index (χ0v) is 12.2. The van der Waals surface area contributed by atoms with Crippen LogP contribution in [-0.2, 0) is 16.6 Å². The molecule has 0 bridgehead atoms. The predicted octanol–water partition coefficient (Wildman–Crippen LogP) is 1.36. The van der Waals surface area contributed by atoms with Gasteiger partial charge in [-0.25, -0.2) is 4.79 Å². The summed E-state index contributed by atoms with van der Waals surface area (Å²) in [5.41, 5.74) is 0.508. The maximum absolute atomic E-state index is 12.3. The summed E-state index contributed by atoms with van der Waals surface area (Å²) in [5, 5.41) is 7.32. The van der Waals surface area contributed by atoms with Gasteiger partial charge in [0.05, 0.1) is 11.9 Å². The SMILES string of the molecule is CN1CC2(CC(Nc3cnn(C)c3)C2)C1OC(=O)C(F)(F)F. The Balaban J connectivity index is 1.56. The Labute approximate surface area is 125 Å². The van der Waals surface area contributed by atoms with Crippen LogP contribution >= 0.6 is 0 Å². The average Bonchev–Trinajstić information content (AvgIpc) is 2.77. The predicted molar refractivity (Wildman–Crippen MR) is 70.9 cm³/mol. The van der Waals surface area contributed by atoms with Gasteiger partial charge in [0, 0.05) is 31.2 Å². The molecule has 3 rings (SSSR count). The first-order valence-electron chi connectivity index (χ1n) is 6.93. The lowest BCUT2D eigenvalue weighted by atomic mass is 9.59. The Morgan fingerprint density at radius 3 is 2.64 bits per heavy atom. The van der Waals surface area contributed by atoms with Crippen molar-refractivity contribution in [1.82, 2.24) is 14.7 Å². The van der Waals surface area contributed by atoms with Crippen LogP contribution in [0.3, 0.4) is 0 Å². The van der Waals surface area contributed by atoms with E-state index in [4.69, 9.17) is 0 Å². The second-order valence-corrected chi connectivity index (χ2v) is 6.19. The Bertz CT molecular complexity index is 580. The summed E-state index contributed by atoms with van der Waals surface area (Å²) in [7, 11) is 3.46. The van der Waals surface area contributed by atoms with Crippen LogP contribution < -0.4 is 5.32 Å². The molecule has 1 spiro atoms.